The number of benzene rings is 2. The molecule has 5 nitrogen and oxygen atoms in total. The number of anilines is 1. The summed E-state index contributed by atoms with van der Waals surface area (Å²) in [5.41, 5.74) is 3.26. The first kappa shape index (κ1) is 21.9. The van der Waals surface area contributed by atoms with Crippen molar-refractivity contribution in [3.05, 3.63) is 81.6 Å². The van der Waals surface area contributed by atoms with E-state index in [0.717, 1.165) is 16.7 Å². The van der Waals surface area contributed by atoms with Gasteiger partial charge in [-0.05, 0) is 52.9 Å². The molecule has 0 aliphatic rings. The second kappa shape index (κ2) is 9.83. The van der Waals surface area contributed by atoms with Crippen LogP contribution < -0.4 is 10.1 Å². The zero-order chi connectivity index (χ0) is 21.7. The lowest BCUT2D eigenvalue weighted by Crippen LogP contribution is -2.20. The molecule has 3 aromatic rings. The fourth-order valence-electron chi connectivity index (χ4n) is 2.99. The van der Waals surface area contributed by atoms with E-state index in [4.69, 9.17) is 27.9 Å². The van der Waals surface area contributed by atoms with Gasteiger partial charge in [-0.25, -0.2) is 0 Å². The quantitative estimate of drug-likeness (QED) is 0.480. The molecular formula is C23H22Cl2N2O3. The van der Waals surface area contributed by atoms with Crippen LogP contribution in [0.2, 0.25) is 10.0 Å². The Hall–Kier alpha value is -2.76. The second-order valence-electron chi connectivity index (χ2n) is 7.16. The minimum Gasteiger partial charge on any atom is -0.508 e. The molecule has 0 spiro atoms. The summed E-state index contributed by atoms with van der Waals surface area (Å²) in [5.74, 6) is 0.583. The number of pyridine rings is 1. The Kier molecular flexibility index (Phi) is 7.19. The number of ether oxygens (including phenoxy) is 1. The van der Waals surface area contributed by atoms with Crippen LogP contribution in [0.4, 0.5) is 5.69 Å². The van der Waals surface area contributed by atoms with Gasteiger partial charge in [-0.3, -0.25) is 9.78 Å². The van der Waals surface area contributed by atoms with E-state index in [0.29, 0.717) is 27.9 Å². The molecule has 30 heavy (non-hydrogen) atoms. The fraction of sp³-hybridized carbons (Fsp3) is 0.217. The average Bonchev–Trinajstić information content (AvgIpc) is 2.71. The van der Waals surface area contributed by atoms with Crippen LogP contribution in [0.3, 0.4) is 0 Å². The second-order valence-corrected chi connectivity index (χ2v) is 7.98. The van der Waals surface area contributed by atoms with Gasteiger partial charge in [0.2, 0.25) is 0 Å². The number of amides is 1. The van der Waals surface area contributed by atoms with E-state index in [2.05, 4.69) is 10.3 Å². The Morgan fingerprint density at radius 2 is 1.77 bits per heavy atom. The zero-order valence-corrected chi connectivity index (χ0v) is 18.2. The van der Waals surface area contributed by atoms with Gasteiger partial charge < -0.3 is 15.2 Å². The van der Waals surface area contributed by atoms with Gasteiger partial charge in [0.25, 0.3) is 5.91 Å². The van der Waals surface area contributed by atoms with Crippen molar-refractivity contribution in [2.24, 2.45) is 0 Å². The number of nitrogens with zero attached hydrogens (tertiary/aromatic N) is 1. The van der Waals surface area contributed by atoms with Gasteiger partial charge >= 0.3 is 0 Å². The summed E-state index contributed by atoms with van der Waals surface area (Å²) in [6.45, 7) is 3.87. The molecule has 1 heterocycles. The van der Waals surface area contributed by atoms with Crippen molar-refractivity contribution < 1.29 is 14.6 Å². The van der Waals surface area contributed by atoms with E-state index in [-0.39, 0.29) is 24.2 Å². The molecule has 2 N–H and O–H groups in total. The SMILES string of the molecule is CC(C)c1cc(Cc2c(Cl)cc(OCC(=O)Nc3ccncc3)cc2Cl)ccc1O. The molecule has 0 aliphatic carbocycles. The third-order valence-corrected chi connectivity index (χ3v) is 5.22. The highest BCUT2D eigenvalue weighted by molar-refractivity contribution is 6.36. The minimum absolute atomic E-state index is 0.177. The Balaban J connectivity index is 1.68. The summed E-state index contributed by atoms with van der Waals surface area (Å²) in [4.78, 5) is 15.9. The van der Waals surface area contributed by atoms with Crippen molar-refractivity contribution in [1.29, 1.82) is 0 Å². The molecular weight excluding hydrogens is 423 g/mol. The number of carbonyl (C=O) groups excluding carboxylic acids is 1. The van der Waals surface area contributed by atoms with Crippen LogP contribution in [0.15, 0.2) is 54.9 Å². The molecule has 0 aliphatic heterocycles. The molecule has 3 rings (SSSR count). The average molecular weight is 445 g/mol. The summed E-state index contributed by atoms with van der Waals surface area (Å²) in [5, 5.41) is 13.6. The molecule has 0 bridgehead atoms. The van der Waals surface area contributed by atoms with Gasteiger partial charge in [0.1, 0.15) is 11.5 Å². The number of rotatable bonds is 7. The number of aromatic hydroxyl groups is 1. The Morgan fingerprint density at radius 3 is 2.40 bits per heavy atom. The van der Waals surface area contributed by atoms with Crippen LogP contribution in [0, 0.1) is 0 Å². The lowest BCUT2D eigenvalue weighted by molar-refractivity contribution is -0.118. The maximum Gasteiger partial charge on any atom is 0.262 e. The summed E-state index contributed by atoms with van der Waals surface area (Å²) >= 11 is 12.9. The molecule has 7 heteroatoms. The van der Waals surface area contributed by atoms with Crippen LogP contribution in [0.25, 0.3) is 0 Å². The van der Waals surface area contributed by atoms with Gasteiger partial charge in [-0.2, -0.15) is 0 Å². The van der Waals surface area contributed by atoms with Gasteiger partial charge in [0.05, 0.1) is 0 Å². The Morgan fingerprint density at radius 1 is 1.10 bits per heavy atom. The Labute approximate surface area is 185 Å². The molecule has 156 valence electrons. The summed E-state index contributed by atoms with van der Waals surface area (Å²) in [6.07, 6.45) is 3.69. The van der Waals surface area contributed by atoms with Gasteiger partial charge in [-0.1, -0.05) is 49.2 Å². The van der Waals surface area contributed by atoms with Crippen LogP contribution >= 0.6 is 23.2 Å². The smallest absolute Gasteiger partial charge is 0.262 e. The lowest BCUT2D eigenvalue weighted by atomic mass is 9.96. The summed E-state index contributed by atoms with van der Waals surface area (Å²) < 4.78 is 5.54. The summed E-state index contributed by atoms with van der Waals surface area (Å²) in [6, 6.07) is 12.2. The first-order valence-corrected chi connectivity index (χ1v) is 10.2. The van der Waals surface area contributed by atoms with Crippen LogP contribution in [0.5, 0.6) is 11.5 Å². The molecule has 0 saturated heterocycles. The predicted molar refractivity (Wildman–Crippen MR) is 120 cm³/mol. The van der Waals surface area contributed by atoms with Crippen LogP contribution in [0.1, 0.15) is 36.5 Å². The van der Waals surface area contributed by atoms with Crippen LogP contribution in [-0.2, 0) is 11.2 Å². The summed E-state index contributed by atoms with van der Waals surface area (Å²) in [7, 11) is 0. The number of hydrogen-bond acceptors (Lipinski definition) is 4. The molecule has 0 saturated carbocycles. The highest BCUT2D eigenvalue weighted by Crippen LogP contribution is 2.34. The number of hydrogen-bond donors (Lipinski definition) is 2. The first-order valence-electron chi connectivity index (χ1n) is 9.46. The number of carbonyl (C=O) groups is 1. The monoisotopic (exact) mass is 444 g/mol. The fourth-order valence-corrected chi connectivity index (χ4v) is 3.59. The molecule has 1 amide bonds. The highest BCUT2D eigenvalue weighted by Gasteiger charge is 2.13. The standard InChI is InChI=1S/C23H22Cl2N2O3/c1-14(2)18-9-15(3-4-22(18)28)10-19-20(24)11-17(12-21(19)25)30-13-23(29)27-16-5-7-26-8-6-16/h3-9,11-12,14,28H,10,13H2,1-2H3,(H,26,27,29). The third kappa shape index (κ3) is 5.65. The van der Waals surface area contributed by atoms with Gasteiger partial charge in [-0.15, -0.1) is 0 Å². The maximum absolute atomic E-state index is 12.0. The van der Waals surface area contributed by atoms with E-state index < -0.39 is 0 Å². The van der Waals surface area contributed by atoms with Crippen molar-refractivity contribution in [1.82, 2.24) is 4.98 Å². The largest absolute Gasteiger partial charge is 0.508 e. The highest BCUT2D eigenvalue weighted by atomic mass is 35.5. The van der Waals surface area contributed by atoms with Crippen molar-refractivity contribution in [2.45, 2.75) is 26.2 Å². The molecule has 2 aromatic carbocycles. The number of aromatic nitrogens is 1. The van der Waals surface area contributed by atoms with Crippen molar-refractivity contribution in [3.63, 3.8) is 0 Å². The number of phenols is 1. The molecule has 0 atom stereocenters. The predicted octanol–water partition coefficient (Wildman–Crippen LogP) is 5.83. The van der Waals surface area contributed by atoms with E-state index >= 15 is 0 Å². The zero-order valence-electron chi connectivity index (χ0n) is 16.7. The normalized spacial score (nSPS) is 10.8. The van der Waals surface area contributed by atoms with Crippen molar-refractivity contribution in [2.75, 3.05) is 11.9 Å². The minimum atomic E-state index is -0.303. The molecule has 0 radical (unpaired) electrons. The molecule has 1 aromatic heterocycles. The molecule has 0 fully saturated rings. The van der Waals surface area contributed by atoms with Crippen molar-refractivity contribution in [3.8, 4) is 11.5 Å². The number of phenolic OH excluding ortho intramolecular Hbond substituents is 1. The number of nitrogens with one attached hydrogen (secondary N) is 1. The van der Waals surface area contributed by atoms with E-state index in [9.17, 15) is 9.90 Å². The Bertz CT molecular complexity index is 1020. The first-order chi connectivity index (χ1) is 14.3. The topological polar surface area (TPSA) is 71.5 Å². The maximum atomic E-state index is 12.0. The third-order valence-electron chi connectivity index (χ3n) is 4.54. The molecule has 0 unspecified atom stereocenters. The van der Waals surface area contributed by atoms with Gasteiger partial charge in [0, 0.05) is 34.5 Å². The van der Waals surface area contributed by atoms with Crippen LogP contribution in [-0.4, -0.2) is 22.6 Å². The van der Waals surface area contributed by atoms with E-state index in [1.165, 1.54) is 0 Å². The van der Waals surface area contributed by atoms with Crippen molar-refractivity contribution >= 4 is 34.8 Å². The van der Waals surface area contributed by atoms with E-state index in [1.807, 2.05) is 26.0 Å². The van der Waals surface area contributed by atoms with Gasteiger partial charge in [0.15, 0.2) is 6.61 Å². The number of halogens is 2. The van der Waals surface area contributed by atoms with E-state index in [1.54, 1.807) is 42.7 Å². The lowest BCUT2D eigenvalue weighted by Gasteiger charge is -2.14.